The van der Waals surface area contributed by atoms with Gasteiger partial charge in [-0.15, -0.1) is 0 Å². The van der Waals surface area contributed by atoms with E-state index in [0.29, 0.717) is 33.6 Å². The summed E-state index contributed by atoms with van der Waals surface area (Å²) in [5.74, 6) is -0.320. The van der Waals surface area contributed by atoms with E-state index in [9.17, 15) is 18.0 Å². The van der Waals surface area contributed by atoms with Crippen molar-refractivity contribution in [3.05, 3.63) is 83.6 Å². The Morgan fingerprint density at radius 1 is 1.03 bits per heavy atom. The maximum Gasteiger partial charge on any atom is 0.252 e. The Kier molecular flexibility index (Phi) is 6.27. The smallest absolute Gasteiger partial charge is 0.252 e. The van der Waals surface area contributed by atoms with E-state index in [1.165, 1.54) is 32.4 Å². The van der Waals surface area contributed by atoms with Crippen molar-refractivity contribution in [2.45, 2.75) is 23.6 Å². The third-order valence-electron chi connectivity index (χ3n) is 5.54. The van der Waals surface area contributed by atoms with E-state index in [0.717, 1.165) is 0 Å². The second-order valence-electron chi connectivity index (χ2n) is 8.01. The molecule has 0 aliphatic rings. The molecule has 0 radical (unpaired) electrons. The minimum absolute atomic E-state index is 0.00535. The van der Waals surface area contributed by atoms with E-state index < -0.39 is 15.7 Å². The first-order chi connectivity index (χ1) is 16.6. The lowest BCUT2D eigenvalue weighted by Gasteiger charge is -2.16. The van der Waals surface area contributed by atoms with Crippen LogP contribution in [0.15, 0.2) is 76.7 Å². The van der Waals surface area contributed by atoms with Crippen LogP contribution in [0.3, 0.4) is 0 Å². The fourth-order valence-electron chi connectivity index (χ4n) is 3.78. The van der Waals surface area contributed by atoms with Crippen molar-refractivity contribution in [3.63, 3.8) is 0 Å². The summed E-state index contributed by atoms with van der Waals surface area (Å²) in [7, 11) is -2.46. The Morgan fingerprint density at radius 2 is 1.74 bits per heavy atom. The molecule has 35 heavy (non-hydrogen) atoms. The van der Waals surface area contributed by atoms with Crippen LogP contribution in [0, 0.1) is 6.92 Å². The van der Waals surface area contributed by atoms with Crippen molar-refractivity contribution in [2.24, 2.45) is 5.73 Å². The number of ether oxygens (including phenoxy) is 1. The first-order valence-corrected chi connectivity index (χ1v) is 12.1. The van der Waals surface area contributed by atoms with E-state index in [1.54, 1.807) is 55.5 Å². The van der Waals surface area contributed by atoms with Crippen molar-refractivity contribution in [2.75, 3.05) is 12.4 Å². The number of primary amides is 1. The van der Waals surface area contributed by atoms with Gasteiger partial charge in [-0.1, -0.05) is 12.1 Å². The Bertz CT molecular complexity index is 1580. The molecule has 0 saturated heterocycles. The van der Waals surface area contributed by atoms with E-state index in [-0.39, 0.29) is 26.7 Å². The number of rotatable bonds is 7. The molecule has 0 unspecified atom stereocenters. The molecule has 0 fully saturated rings. The first kappa shape index (κ1) is 23.9. The van der Waals surface area contributed by atoms with Crippen LogP contribution in [0.2, 0.25) is 0 Å². The average Bonchev–Trinajstić information content (AvgIpc) is 2.83. The molecular formula is C26H23N3O5S. The topological polar surface area (TPSA) is 128 Å². The molecule has 4 rings (SSSR count). The SMILES string of the molecule is COc1ccc(S(=O)(=O)c2cc(C)cc3c(Nc4cccc(C(C)=O)c4)c(C(N)=O)cnc23)cc1. The highest BCUT2D eigenvalue weighted by molar-refractivity contribution is 7.91. The molecular weight excluding hydrogens is 466 g/mol. The Hall–Kier alpha value is -4.24. The molecule has 1 aromatic heterocycles. The highest BCUT2D eigenvalue weighted by atomic mass is 32.2. The number of sulfone groups is 1. The number of anilines is 2. The van der Waals surface area contributed by atoms with Crippen LogP contribution in [-0.4, -0.2) is 32.2 Å². The summed E-state index contributed by atoms with van der Waals surface area (Å²) in [6.07, 6.45) is 1.25. The van der Waals surface area contributed by atoms with E-state index >= 15 is 0 Å². The summed E-state index contributed by atoms with van der Waals surface area (Å²) < 4.78 is 32.3. The van der Waals surface area contributed by atoms with Gasteiger partial charge in [0.2, 0.25) is 9.84 Å². The van der Waals surface area contributed by atoms with Crippen molar-refractivity contribution in [1.29, 1.82) is 0 Å². The Labute approximate surface area is 202 Å². The number of amides is 1. The summed E-state index contributed by atoms with van der Waals surface area (Å²) in [4.78, 5) is 28.5. The maximum atomic E-state index is 13.6. The van der Waals surface area contributed by atoms with Gasteiger partial charge >= 0.3 is 0 Å². The van der Waals surface area contributed by atoms with Gasteiger partial charge in [-0.25, -0.2) is 8.42 Å². The number of ketones is 1. The van der Waals surface area contributed by atoms with Gasteiger partial charge in [0.15, 0.2) is 5.78 Å². The van der Waals surface area contributed by atoms with E-state index in [2.05, 4.69) is 10.3 Å². The molecule has 3 N–H and O–H groups in total. The molecule has 0 saturated carbocycles. The summed E-state index contributed by atoms with van der Waals surface area (Å²) in [6.45, 7) is 3.21. The lowest BCUT2D eigenvalue weighted by Crippen LogP contribution is -2.15. The summed E-state index contributed by atoms with van der Waals surface area (Å²) >= 11 is 0. The predicted octanol–water partition coefficient (Wildman–Crippen LogP) is 4.43. The second-order valence-corrected chi connectivity index (χ2v) is 9.93. The molecule has 0 atom stereocenters. The van der Waals surface area contributed by atoms with Gasteiger partial charge < -0.3 is 15.8 Å². The molecule has 178 valence electrons. The molecule has 9 heteroatoms. The lowest BCUT2D eigenvalue weighted by molar-refractivity contribution is 0.0996. The number of Topliss-reactive ketones (excluding diaryl/α,β-unsaturated/α-hetero) is 1. The van der Waals surface area contributed by atoms with Crippen LogP contribution in [-0.2, 0) is 9.84 Å². The van der Waals surface area contributed by atoms with Gasteiger partial charge in [0, 0.05) is 22.8 Å². The highest BCUT2D eigenvalue weighted by Gasteiger charge is 2.25. The minimum Gasteiger partial charge on any atom is -0.497 e. The number of carbonyl (C=O) groups excluding carboxylic acids is 2. The highest BCUT2D eigenvalue weighted by Crippen LogP contribution is 2.35. The standard InChI is InChI=1S/C26H23N3O5S/c1-15-11-21-24(29-18-6-4-5-17(13-18)16(2)30)22(26(27)31)14-28-25(21)23(12-15)35(32,33)20-9-7-19(34-3)8-10-20/h4-14H,1-3H3,(H2,27,31)(H,28,29). The largest absolute Gasteiger partial charge is 0.497 e. The Balaban J connectivity index is 1.95. The van der Waals surface area contributed by atoms with Gasteiger partial charge in [0.25, 0.3) is 5.91 Å². The number of hydrogen-bond donors (Lipinski definition) is 2. The number of nitrogens with one attached hydrogen (secondary N) is 1. The van der Waals surface area contributed by atoms with Crippen molar-refractivity contribution in [1.82, 2.24) is 4.98 Å². The van der Waals surface area contributed by atoms with Gasteiger partial charge in [-0.3, -0.25) is 14.6 Å². The van der Waals surface area contributed by atoms with Crippen molar-refractivity contribution >= 4 is 43.8 Å². The van der Waals surface area contributed by atoms with Gasteiger partial charge in [0.1, 0.15) is 5.75 Å². The van der Waals surface area contributed by atoms with Crippen LogP contribution >= 0.6 is 0 Å². The first-order valence-electron chi connectivity index (χ1n) is 10.6. The number of nitrogens with two attached hydrogens (primary N) is 1. The average molecular weight is 490 g/mol. The molecule has 0 aliphatic heterocycles. The zero-order valence-corrected chi connectivity index (χ0v) is 20.1. The van der Waals surface area contributed by atoms with Crippen molar-refractivity contribution in [3.8, 4) is 5.75 Å². The van der Waals surface area contributed by atoms with Crippen molar-refractivity contribution < 1.29 is 22.7 Å². The number of nitrogens with zero attached hydrogens (tertiary/aromatic N) is 1. The number of benzene rings is 3. The zero-order valence-electron chi connectivity index (χ0n) is 19.3. The molecule has 4 aromatic rings. The number of aryl methyl sites for hydroxylation is 1. The van der Waals surface area contributed by atoms with Gasteiger partial charge in [-0.2, -0.15) is 0 Å². The molecule has 1 heterocycles. The fourth-order valence-corrected chi connectivity index (χ4v) is 5.28. The fraction of sp³-hybridized carbons (Fsp3) is 0.115. The lowest BCUT2D eigenvalue weighted by atomic mass is 10.1. The number of pyridine rings is 1. The number of aromatic nitrogens is 1. The number of hydrogen-bond acceptors (Lipinski definition) is 7. The molecule has 8 nitrogen and oxygen atoms in total. The molecule has 1 amide bonds. The second kappa shape index (κ2) is 9.19. The molecule has 0 spiro atoms. The third-order valence-corrected chi connectivity index (χ3v) is 7.33. The number of carbonyl (C=O) groups is 2. The summed E-state index contributed by atoms with van der Waals surface area (Å²) in [5, 5.41) is 3.55. The Morgan fingerprint density at radius 3 is 2.37 bits per heavy atom. The quantitative estimate of drug-likeness (QED) is 0.368. The molecule has 3 aromatic carbocycles. The van der Waals surface area contributed by atoms with E-state index in [1.807, 2.05) is 0 Å². The molecule has 0 bridgehead atoms. The van der Waals surface area contributed by atoms with Gasteiger partial charge in [0.05, 0.1) is 33.7 Å². The van der Waals surface area contributed by atoms with Gasteiger partial charge in [-0.05, 0) is 67.9 Å². The zero-order chi connectivity index (χ0) is 25.3. The number of fused-ring (bicyclic) bond motifs is 1. The maximum absolute atomic E-state index is 13.6. The number of methoxy groups -OCH3 is 1. The minimum atomic E-state index is -3.96. The van der Waals surface area contributed by atoms with Crippen LogP contribution in [0.4, 0.5) is 11.4 Å². The summed E-state index contributed by atoms with van der Waals surface area (Å²) in [5.41, 5.74) is 7.85. The third kappa shape index (κ3) is 4.58. The van der Waals surface area contributed by atoms with Crippen LogP contribution in [0.25, 0.3) is 10.9 Å². The van der Waals surface area contributed by atoms with E-state index in [4.69, 9.17) is 10.5 Å². The monoisotopic (exact) mass is 489 g/mol. The normalized spacial score (nSPS) is 11.3. The summed E-state index contributed by atoms with van der Waals surface area (Å²) in [6, 6.07) is 16.1. The molecule has 0 aliphatic carbocycles. The van der Waals surface area contributed by atoms with Crippen LogP contribution < -0.4 is 15.8 Å². The van der Waals surface area contributed by atoms with Crippen LogP contribution in [0.5, 0.6) is 5.75 Å². The predicted molar refractivity (Wildman–Crippen MR) is 133 cm³/mol. The van der Waals surface area contributed by atoms with Crippen LogP contribution in [0.1, 0.15) is 33.2 Å².